The van der Waals surface area contributed by atoms with Gasteiger partial charge in [-0.05, 0) is 29.8 Å². The molecule has 0 bridgehead atoms. The normalized spacial score (nSPS) is 27.1. The van der Waals surface area contributed by atoms with Crippen LogP contribution in [0.5, 0.6) is 0 Å². The van der Waals surface area contributed by atoms with Crippen molar-refractivity contribution in [3.05, 3.63) is 82.9 Å². The molecule has 3 aliphatic rings. The molecule has 34 heavy (non-hydrogen) atoms. The van der Waals surface area contributed by atoms with Crippen molar-refractivity contribution in [3.63, 3.8) is 0 Å². The summed E-state index contributed by atoms with van der Waals surface area (Å²) in [6.07, 6.45) is -0.266. The summed E-state index contributed by atoms with van der Waals surface area (Å²) in [5.41, 5.74) is -4.68. The van der Waals surface area contributed by atoms with Gasteiger partial charge in [-0.3, -0.25) is 24.1 Å². The molecule has 170 valence electrons. The molecular formula is C27H21NO6. The highest BCUT2D eigenvalue weighted by atomic mass is 16.5. The van der Waals surface area contributed by atoms with Crippen molar-refractivity contribution in [2.24, 2.45) is 5.41 Å². The average molecular weight is 455 g/mol. The van der Waals surface area contributed by atoms with Crippen LogP contribution in [0.3, 0.4) is 0 Å². The lowest BCUT2D eigenvalue weighted by Crippen LogP contribution is -2.61. The number of hydrogen-bond donors (Lipinski definition) is 1. The van der Waals surface area contributed by atoms with Crippen molar-refractivity contribution in [3.8, 4) is 0 Å². The summed E-state index contributed by atoms with van der Waals surface area (Å²) in [6.45, 7) is -0.211. The summed E-state index contributed by atoms with van der Waals surface area (Å²) >= 11 is 0. The molecule has 2 atom stereocenters. The number of fused-ring (bicyclic) bond motifs is 2. The van der Waals surface area contributed by atoms with Gasteiger partial charge in [-0.15, -0.1) is 0 Å². The lowest BCUT2D eigenvalue weighted by atomic mass is 9.64. The molecule has 3 aromatic rings. The van der Waals surface area contributed by atoms with Crippen LogP contribution in [-0.4, -0.2) is 59.6 Å². The third-order valence-corrected chi connectivity index (χ3v) is 8.03. The highest BCUT2D eigenvalue weighted by Crippen LogP contribution is 2.59. The topological polar surface area (TPSA) is 101 Å². The van der Waals surface area contributed by atoms with Crippen LogP contribution in [0.15, 0.2) is 60.7 Å². The largest absolute Gasteiger partial charge is 0.468 e. The number of aliphatic hydroxyl groups is 1. The second-order valence-electron chi connectivity index (χ2n) is 9.42. The highest BCUT2D eigenvalue weighted by molar-refractivity contribution is 6.34. The monoisotopic (exact) mass is 455 g/mol. The first-order valence-electron chi connectivity index (χ1n) is 11.0. The third kappa shape index (κ3) is 2.06. The average Bonchev–Trinajstić information content (AvgIpc) is 3.39. The number of carbonyl (C=O) groups is 4. The second kappa shape index (κ2) is 6.46. The Hall–Kier alpha value is -3.68. The Bertz CT molecular complexity index is 1430. The summed E-state index contributed by atoms with van der Waals surface area (Å²) in [5.74, 6) is -2.81. The smallest absolute Gasteiger partial charge is 0.317 e. The van der Waals surface area contributed by atoms with Gasteiger partial charge in [-0.25, -0.2) is 0 Å². The van der Waals surface area contributed by atoms with E-state index in [0.29, 0.717) is 11.1 Å². The Labute approximate surface area is 194 Å². The van der Waals surface area contributed by atoms with Crippen LogP contribution < -0.4 is 0 Å². The van der Waals surface area contributed by atoms with Gasteiger partial charge in [0.05, 0.1) is 7.11 Å². The number of nitrogens with zero attached hydrogens (tertiary/aromatic N) is 1. The molecule has 2 aliphatic carbocycles. The zero-order valence-corrected chi connectivity index (χ0v) is 18.6. The highest BCUT2D eigenvalue weighted by Gasteiger charge is 2.75. The molecule has 1 spiro atoms. The van der Waals surface area contributed by atoms with Crippen molar-refractivity contribution < 1.29 is 29.0 Å². The molecule has 1 fully saturated rings. The van der Waals surface area contributed by atoms with E-state index in [1.165, 1.54) is 12.1 Å². The molecule has 1 N–H and O–H groups in total. The van der Waals surface area contributed by atoms with Crippen LogP contribution in [0.1, 0.15) is 43.1 Å². The van der Waals surface area contributed by atoms with Crippen LogP contribution in [0.25, 0.3) is 10.8 Å². The Morgan fingerprint density at radius 1 is 0.882 bits per heavy atom. The van der Waals surface area contributed by atoms with Crippen molar-refractivity contribution in [2.75, 3.05) is 20.7 Å². The SMILES string of the molecule is COC(=O)C1(C2(O)C(=O)c3ccccc3C2=O)CN(C)C2(C1)C(=O)c1cccc3cccc2c13. The van der Waals surface area contributed by atoms with E-state index in [1.54, 1.807) is 36.2 Å². The van der Waals surface area contributed by atoms with Gasteiger partial charge >= 0.3 is 5.97 Å². The number of ether oxygens (including phenoxy) is 1. The van der Waals surface area contributed by atoms with Gasteiger partial charge < -0.3 is 9.84 Å². The number of methoxy groups -OCH3 is 1. The number of esters is 1. The van der Waals surface area contributed by atoms with Crippen molar-refractivity contribution in [1.82, 2.24) is 4.90 Å². The predicted molar refractivity (Wildman–Crippen MR) is 122 cm³/mol. The lowest BCUT2D eigenvalue weighted by Gasteiger charge is -2.37. The number of carbonyl (C=O) groups excluding carboxylic acids is 4. The fraction of sp³-hybridized carbons (Fsp3) is 0.259. The molecule has 3 aromatic carbocycles. The van der Waals surface area contributed by atoms with Crippen molar-refractivity contribution >= 4 is 34.1 Å². The minimum atomic E-state index is -2.69. The minimum Gasteiger partial charge on any atom is -0.468 e. The zero-order chi connectivity index (χ0) is 24.0. The lowest BCUT2D eigenvalue weighted by molar-refractivity contribution is -0.162. The summed E-state index contributed by atoms with van der Waals surface area (Å²) < 4.78 is 5.11. The number of likely N-dealkylation sites (tertiary alicyclic amines) is 1. The Kier molecular flexibility index (Phi) is 3.97. The number of benzene rings is 3. The molecule has 1 aliphatic heterocycles. The predicted octanol–water partition coefficient (Wildman–Crippen LogP) is 2.54. The first-order valence-corrected chi connectivity index (χ1v) is 11.0. The van der Waals surface area contributed by atoms with Gasteiger partial charge in [0.15, 0.2) is 5.78 Å². The molecule has 2 unspecified atom stereocenters. The molecule has 7 nitrogen and oxygen atoms in total. The van der Waals surface area contributed by atoms with Gasteiger partial charge in [0, 0.05) is 23.2 Å². The van der Waals surface area contributed by atoms with Gasteiger partial charge in [0.2, 0.25) is 17.2 Å². The second-order valence-corrected chi connectivity index (χ2v) is 9.42. The Balaban J connectivity index is 1.60. The molecule has 0 aromatic heterocycles. The molecule has 6 rings (SSSR count). The number of ketones is 3. The van der Waals surface area contributed by atoms with Crippen molar-refractivity contribution in [1.29, 1.82) is 0 Å². The van der Waals surface area contributed by atoms with E-state index in [2.05, 4.69) is 0 Å². The van der Waals surface area contributed by atoms with Crippen LogP contribution >= 0.6 is 0 Å². The quantitative estimate of drug-likeness (QED) is 0.468. The third-order valence-electron chi connectivity index (χ3n) is 8.03. The number of rotatable bonds is 2. The van der Waals surface area contributed by atoms with Gasteiger partial charge in [-0.2, -0.15) is 0 Å². The maximum Gasteiger partial charge on any atom is 0.317 e. The molecule has 7 heteroatoms. The van der Waals surface area contributed by atoms with E-state index in [1.807, 2.05) is 24.3 Å². The molecule has 0 amide bonds. The van der Waals surface area contributed by atoms with Gasteiger partial charge in [0.25, 0.3) is 0 Å². The summed E-state index contributed by atoms with van der Waals surface area (Å²) in [7, 11) is 2.83. The zero-order valence-electron chi connectivity index (χ0n) is 18.6. The summed E-state index contributed by atoms with van der Waals surface area (Å²) in [6, 6.07) is 17.1. The standard InChI is InChI=1S/C27H21NO6/c1-28-14-25(24(32)34-2,27(33)22(30)16-9-3-4-10-17(16)23(27)31)13-26(28)19-12-6-8-15-7-5-11-18(20(15)19)21(26)29/h3-12,33H,13-14H2,1-2H3. The van der Waals surface area contributed by atoms with Crippen LogP contribution in [0, 0.1) is 5.41 Å². The van der Waals surface area contributed by atoms with E-state index in [9.17, 15) is 24.3 Å². The molecular weight excluding hydrogens is 434 g/mol. The van der Waals surface area contributed by atoms with Gasteiger partial charge in [-0.1, -0.05) is 60.7 Å². The van der Waals surface area contributed by atoms with Gasteiger partial charge in [0.1, 0.15) is 11.0 Å². The van der Waals surface area contributed by atoms with Crippen molar-refractivity contribution in [2.45, 2.75) is 17.6 Å². The fourth-order valence-corrected chi connectivity index (χ4v) is 6.47. The van der Waals surface area contributed by atoms with Crippen LogP contribution in [0.4, 0.5) is 0 Å². The first-order chi connectivity index (χ1) is 16.2. The molecule has 0 radical (unpaired) electrons. The first kappa shape index (κ1) is 20.9. The summed E-state index contributed by atoms with van der Waals surface area (Å²) in [5, 5.41) is 13.6. The van der Waals surface area contributed by atoms with E-state index in [0.717, 1.165) is 17.9 Å². The number of likely N-dealkylation sites (N-methyl/N-ethyl adjacent to an activating group) is 1. The molecule has 1 saturated heterocycles. The number of Topliss-reactive ketones (excluding diaryl/α,β-unsaturated/α-hetero) is 3. The number of hydrogen-bond acceptors (Lipinski definition) is 7. The fourth-order valence-electron chi connectivity index (χ4n) is 6.47. The minimum absolute atomic E-state index is 0.0602. The maximum absolute atomic E-state index is 14.0. The van der Waals surface area contributed by atoms with E-state index in [-0.39, 0.29) is 29.9 Å². The van der Waals surface area contributed by atoms with Crippen LogP contribution in [-0.2, 0) is 15.1 Å². The maximum atomic E-state index is 14.0. The Morgan fingerprint density at radius 3 is 2.09 bits per heavy atom. The summed E-state index contributed by atoms with van der Waals surface area (Å²) in [4.78, 5) is 56.2. The van der Waals surface area contributed by atoms with Crippen LogP contribution in [0.2, 0.25) is 0 Å². The van der Waals surface area contributed by atoms with E-state index in [4.69, 9.17) is 4.74 Å². The molecule has 0 saturated carbocycles. The van der Waals surface area contributed by atoms with E-state index < -0.39 is 34.1 Å². The Morgan fingerprint density at radius 2 is 1.47 bits per heavy atom. The van der Waals surface area contributed by atoms with E-state index >= 15 is 0 Å². The molecule has 1 heterocycles.